The molecule has 0 aromatic heterocycles. The molecule has 10 rings (SSSR count). The van der Waals surface area contributed by atoms with Gasteiger partial charge in [-0.1, -0.05) is 86.6 Å². The van der Waals surface area contributed by atoms with Crippen LogP contribution in [0.4, 0.5) is 0 Å². The van der Waals surface area contributed by atoms with Gasteiger partial charge >= 0.3 is 5.97 Å². The second-order valence-corrected chi connectivity index (χ2v) is 20.0. The van der Waals surface area contributed by atoms with Crippen LogP contribution in [0.2, 0.25) is 0 Å². The molecule has 1 aromatic rings. The van der Waals surface area contributed by atoms with Crippen molar-refractivity contribution in [1.82, 2.24) is 26.6 Å². The molecule has 1 unspecified atom stereocenters. The predicted molar refractivity (Wildman–Crippen MR) is 252 cm³/mol. The Balaban J connectivity index is 1.10. The molecule has 346 valence electrons. The number of dihydropyridines is 2. The Morgan fingerprint density at radius 2 is 1.94 bits per heavy atom. The molecule has 1 spiro atoms. The number of allylic oxidation sites excluding steroid dienone is 10. The first-order chi connectivity index (χ1) is 31.4. The third kappa shape index (κ3) is 8.35. The largest absolute Gasteiger partial charge is 0.463 e. The third-order valence-electron chi connectivity index (χ3n) is 15.8. The van der Waals surface area contributed by atoms with E-state index in [0.29, 0.717) is 49.9 Å². The molecule has 5 aliphatic heterocycles. The van der Waals surface area contributed by atoms with Crippen LogP contribution in [-0.4, -0.2) is 86.1 Å². The number of carbonyl (C=O) groups excluding carboxylic acids is 3. The maximum Gasteiger partial charge on any atom is 0.350 e. The van der Waals surface area contributed by atoms with E-state index in [-0.39, 0.29) is 66.1 Å². The number of fused-ring (bicyclic) bond motifs is 6. The summed E-state index contributed by atoms with van der Waals surface area (Å²) in [5.74, 6) is 0.300. The number of nitrogens with two attached hydrogens (primary N) is 1. The number of esters is 1. The van der Waals surface area contributed by atoms with Crippen molar-refractivity contribution >= 4 is 17.5 Å². The molecule has 6 bridgehead atoms. The fraction of sp³-hybridized carbons (Fsp3) is 0.528. The number of epoxide rings is 1. The molecule has 0 saturated carbocycles. The van der Waals surface area contributed by atoms with Gasteiger partial charge in [-0.15, -0.1) is 0 Å². The minimum Gasteiger partial charge on any atom is -0.463 e. The van der Waals surface area contributed by atoms with Gasteiger partial charge in [-0.3, -0.25) is 9.59 Å². The zero-order valence-electron chi connectivity index (χ0n) is 38.5. The molecule has 1 fully saturated rings. The maximum absolute atomic E-state index is 15.6. The minimum atomic E-state index is -2.19. The van der Waals surface area contributed by atoms with Gasteiger partial charge in [-0.25, -0.2) is 4.79 Å². The Kier molecular flexibility index (Phi) is 12.9. The van der Waals surface area contributed by atoms with Crippen LogP contribution in [-0.2, 0) is 20.7 Å². The monoisotopic (exact) mass is 885 g/mol. The normalized spacial score (nSPS) is 35.0. The summed E-state index contributed by atoms with van der Waals surface area (Å²) in [5.41, 5.74) is 8.09. The second kappa shape index (κ2) is 18.4. The summed E-state index contributed by atoms with van der Waals surface area (Å²) in [6.45, 7) is 8.08. The lowest BCUT2D eigenvalue weighted by Crippen LogP contribution is -2.53. The Labute approximate surface area is 384 Å². The SMILES string of the molecule is CCN[C@@H]1C=C2C=CC[C@H]3[C@H]2[C@@H]2C=C[C@H]3CCC[C@@](C)(CC3=CNC(N)C=C3)Cc3cccc4c3C(=O)[C@]3(O[C@@]3(C/C(CO)=C(\C)CCC3=CCNC(NCNC)=C3)C4=O)C(=O)OC[C@@H]21. The Bertz CT molecular complexity index is 2340. The van der Waals surface area contributed by atoms with Crippen LogP contribution >= 0.6 is 0 Å². The van der Waals surface area contributed by atoms with Gasteiger partial charge in [-0.05, 0) is 135 Å². The van der Waals surface area contributed by atoms with Gasteiger partial charge in [0.15, 0.2) is 11.4 Å². The lowest BCUT2D eigenvalue weighted by Gasteiger charge is -2.49. The number of ether oxygens (including phenoxy) is 2. The number of rotatable bonds is 13. The molecule has 65 heavy (non-hydrogen) atoms. The number of Topliss-reactive ketones (excluding diaryl/α,β-unsaturated/α-hetero) is 2. The fourth-order valence-electron chi connectivity index (χ4n) is 12.4. The number of carbonyl (C=O) groups is 3. The molecule has 0 amide bonds. The molecule has 8 N–H and O–H groups in total. The molecule has 10 atom stereocenters. The Morgan fingerprint density at radius 1 is 1.08 bits per heavy atom. The summed E-state index contributed by atoms with van der Waals surface area (Å²) in [4.78, 5) is 46.0. The highest BCUT2D eigenvalue weighted by atomic mass is 16.7. The fourth-order valence-corrected chi connectivity index (χ4v) is 12.4. The van der Waals surface area contributed by atoms with Crippen LogP contribution in [0.3, 0.4) is 0 Å². The molecular formula is C53H68N6O6. The molecule has 0 radical (unpaired) electrons. The van der Waals surface area contributed by atoms with Crippen LogP contribution in [0.15, 0.2) is 113 Å². The Hall–Kier alpha value is -4.85. The van der Waals surface area contributed by atoms with Gasteiger partial charge < -0.3 is 46.9 Å². The van der Waals surface area contributed by atoms with Gasteiger partial charge in [0.05, 0.1) is 26.0 Å². The Morgan fingerprint density at radius 3 is 2.72 bits per heavy atom. The highest BCUT2D eigenvalue weighted by molar-refractivity contribution is 6.33. The summed E-state index contributed by atoms with van der Waals surface area (Å²) in [5, 5.41) is 27.7. The van der Waals surface area contributed by atoms with E-state index in [2.05, 4.69) is 89.0 Å². The average Bonchev–Trinajstić information content (AvgIpc) is 4.01. The molecule has 12 nitrogen and oxygen atoms in total. The van der Waals surface area contributed by atoms with Crippen molar-refractivity contribution in [3.63, 3.8) is 0 Å². The van der Waals surface area contributed by atoms with Gasteiger partial charge in [-0.2, -0.15) is 0 Å². The summed E-state index contributed by atoms with van der Waals surface area (Å²) in [6.07, 6.45) is 28.2. The van der Waals surface area contributed by atoms with Crippen molar-refractivity contribution in [2.45, 2.75) is 102 Å². The molecular weight excluding hydrogens is 817 g/mol. The molecule has 9 aliphatic rings. The number of nitrogens with one attached hydrogen (secondary N) is 5. The highest BCUT2D eigenvalue weighted by Crippen LogP contribution is 2.61. The maximum atomic E-state index is 15.6. The standard InChI is InChI=1S/C53H68N6O6/c1-5-56-43-24-36-9-6-12-39-35-11-8-21-51(3,25-34-16-19-44(54)58-28-34)26-37-10-7-13-41-47(37)49(62)53(50(63)64-30-42(43)40(18-17-35)46(36)39)52(65-53,48(41)61)27-38(29-60)32(2)14-15-33-20-22-57-45(23-33)59-31-55-4/h6-7,9-10,13,16-20,23-24,28,35,39-40,42-44,46,55-60H,5,8,11-12,14-15,21-22,25-27,29-31,54H2,1-4H3/b38-32-/t35-,39-,40-,42+,43-,44?,46+,51+,52+,53+/m1/s1. The summed E-state index contributed by atoms with van der Waals surface area (Å²) in [7, 11) is 1.88. The quantitative estimate of drug-likeness (QED) is 0.0423. The smallest absolute Gasteiger partial charge is 0.350 e. The van der Waals surface area contributed by atoms with Crippen molar-refractivity contribution in [1.29, 1.82) is 0 Å². The topological polar surface area (TPSA) is 179 Å². The van der Waals surface area contributed by atoms with Gasteiger partial charge in [0.1, 0.15) is 5.82 Å². The summed E-state index contributed by atoms with van der Waals surface area (Å²) in [6, 6.07) is 5.43. The number of aliphatic hydroxyl groups excluding tert-OH is 1. The van der Waals surface area contributed by atoms with Crippen molar-refractivity contribution < 1.29 is 29.0 Å². The van der Waals surface area contributed by atoms with Crippen LogP contribution in [0.5, 0.6) is 0 Å². The van der Waals surface area contributed by atoms with Gasteiger partial charge in [0.25, 0.3) is 5.60 Å². The van der Waals surface area contributed by atoms with Gasteiger partial charge in [0, 0.05) is 42.3 Å². The molecule has 1 aromatic carbocycles. The number of hydrogen-bond donors (Lipinski definition) is 7. The molecule has 5 heterocycles. The van der Waals surface area contributed by atoms with E-state index >= 15 is 14.4 Å². The zero-order valence-corrected chi connectivity index (χ0v) is 38.5. The van der Waals surface area contributed by atoms with Crippen LogP contribution in [0.25, 0.3) is 0 Å². The number of aliphatic hydroxyl groups is 1. The lowest BCUT2D eigenvalue weighted by atomic mass is 9.57. The van der Waals surface area contributed by atoms with E-state index in [1.165, 1.54) is 5.57 Å². The number of hydrogen-bond acceptors (Lipinski definition) is 12. The molecule has 1 saturated heterocycles. The van der Waals surface area contributed by atoms with E-state index in [0.717, 1.165) is 66.8 Å². The molecule has 12 heteroatoms. The molecule has 4 aliphatic carbocycles. The van der Waals surface area contributed by atoms with E-state index < -0.39 is 28.7 Å². The van der Waals surface area contributed by atoms with E-state index in [4.69, 9.17) is 15.2 Å². The number of ketones is 2. The average molecular weight is 885 g/mol. The third-order valence-corrected chi connectivity index (χ3v) is 15.8. The van der Waals surface area contributed by atoms with Crippen molar-refractivity contribution in [3.05, 3.63) is 129 Å². The zero-order chi connectivity index (χ0) is 45.5. The first-order valence-electron chi connectivity index (χ1n) is 24.0. The summed E-state index contributed by atoms with van der Waals surface area (Å²) < 4.78 is 13.0. The van der Waals surface area contributed by atoms with Crippen molar-refractivity contribution in [2.75, 3.05) is 40.0 Å². The van der Waals surface area contributed by atoms with Crippen LogP contribution < -0.4 is 32.3 Å². The number of benzene rings is 1. The minimum absolute atomic E-state index is 0.0614. The first-order valence-corrected chi connectivity index (χ1v) is 24.0. The van der Waals surface area contributed by atoms with Crippen LogP contribution in [0.1, 0.15) is 98.4 Å². The van der Waals surface area contributed by atoms with E-state index in [1.54, 1.807) is 6.07 Å². The number of likely N-dealkylation sites (N-methyl/N-ethyl adjacent to an activating group) is 1. The van der Waals surface area contributed by atoms with E-state index in [9.17, 15) is 5.11 Å². The second-order valence-electron chi connectivity index (χ2n) is 20.0. The van der Waals surface area contributed by atoms with Crippen LogP contribution in [0, 0.1) is 35.0 Å². The highest BCUT2D eigenvalue weighted by Gasteiger charge is 2.86. The van der Waals surface area contributed by atoms with Crippen molar-refractivity contribution in [3.8, 4) is 0 Å². The van der Waals surface area contributed by atoms with E-state index in [1.807, 2.05) is 38.4 Å². The first kappa shape index (κ1) is 45.3. The van der Waals surface area contributed by atoms with Gasteiger partial charge in [0.2, 0.25) is 5.78 Å². The predicted octanol–water partition coefficient (Wildman–Crippen LogP) is 5.71. The lowest BCUT2D eigenvalue weighted by molar-refractivity contribution is -0.150. The van der Waals surface area contributed by atoms with Crippen molar-refractivity contribution in [2.24, 2.45) is 40.7 Å². The summed E-state index contributed by atoms with van der Waals surface area (Å²) >= 11 is 0.